The van der Waals surface area contributed by atoms with E-state index in [9.17, 15) is 14.4 Å². The van der Waals surface area contributed by atoms with E-state index in [1.807, 2.05) is 28.8 Å². The quantitative estimate of drug-likeness (QED) is 0.233. The molecule has 4 bridgehead atoms. The highest BCUT2D eigenvalue weighted by atomic mass is 16.6. The number of rotatable bonds is 10. The summed E-state index contributed by atoms with van der Waals surface area (Å²) < 4.78 is 7.05. The molecule has 2 N–H and O–H groups in total. The van der Waals surface area contributed by atoms with E-state index in [-0.39, 0.29) is 42.5 Å². The molecule has 10 heteroatoms. The maximum atomic E-state index is 14.4. The molecule has 6 rings (SSSR count). The lowest BCUT2D eigenvalue weighted by Crippen LogP contribution is -2.58. The van der Waals surface area contributed by atoms with Crippen LogP contribution in [0.5, 0.6) is 0 Å². The number of oxime groups is 1. The maximum absolute atomic E-state index is 14.4. The molecule has 44 heavy (non-hydrogen) atoms. The Morgan fingerprint density at radius 3 is 2.30 bits per heavy atom. The number of primary amides is 1. The van der Waals surface area contributed by atoms with Crippen LogP contribution in [0.2, 0.25) is 0 Å². The first kappa shape index (κ1) is 30.7. The highest BCUT2D eigenvalue weighted by molar-refractivity contribution is 6.00. The molecule has 1 amide bonds. The molecule has 4 aliphatic rings. The van der Waals surface area contributed by atoms with Gasteiger partial charge >= 0.3 is 5.97 Å². The smallest absolute Gasteiger partial charge is 0.306 e. The van der Waals surface area contributed by atoms with Crippen LogP contribution in [0.3, 0.4) is 0 Å². The van der Waals surface area contributed by atoms with Crippen molar-refractivity contribution in [2.24, 2.45) is 22.7 Å². The molecule has 5 atom stereocenters. The van der Waals surface area contributed by atoms with Crippen molar-refractivity contribution >= 4 is 28.6 Å². The third kappa shape index (κ3) is 6.70. The van der Waals surface area contributed by atoms with Crippen LogP contribution < -0.4 is 11.3 Å². The molecule has 2 aliphatic heterocycles. The van der Waals surface area contributed by atoms with Crippen molar-refractivity contribution in [2.75, 3.05) is 13.2 Å². The number of benzene rings is 1. The van der Waals surface area contributed by atoms with E-state index >= 15 is 0 Å². The molecular formula is C34H47N5O5. The molecule has 238 valence electrons. The predicted molar refractivity (Wildman–Crippen MR) is 168 cm³/mol. The Morgan fingerprint density at radius 2 is 1.61 bits per heavy atom. The standard InChI is InChI=1S/C34H47N5O5/c1-2-43-32(41)15-14-29(37-44-21-31(35)40)33-34(42)39(30-13-6-5-12-28(30)36-33)27-19-24-10-7-11-25(20-27)38(24)26-17-22-8-3-4-9-23(16-22)18-26/h5-6,12-13,22-27H,2-4,7-11,14-21H2,1H3,(H2,35,40)/b37-29+/t22?,23?,24-,25?,26?,27+/m1/s1. The number of para-hydroxylation sites is 2. The molecule has 2 aromatic rings. The molecule has 0 spiro atoms. The average Bonchev–Trinajstić information content (AvgIpc) is 3.17. The summed E-state index contributed by atoms with van der Waals surface area (Å²) in [5.74, 6) is 0.660. The molecule has 1 aromatic heterocycles. The summed E-state index contributed by atoms with van der Waals surface area (Å²) in [4.78, 5) is 50.8. The van der Waals surface area contributed by atoms with Crippen LogP contribution in [0, 0.1) is 11.8 Å². The maximum Gasteiger partial charge on any atom is 0.306 e. The summed E-state index contributed by atoms with van der Waals surface area (Å²) in [5.41, 5.74) is 6.86. The number of amides is 1. The van der Waals surface area contributed by atoms with Crippen LogP contribution in [0.15, 0.2) is 34.2 Å². The van der Waals surface area contributed by atoms with Gasteiger partial charge in [0.2, 0.25) is 0 Å². The minimum Gasteiger partial charge on any atom is -0.466 e. The second-order valence-electron chi connectivity index (χ2n) is 13.4. The zero-order valence-corrected chi connectivity index (χ0v) is 26.0. The van der Waals surface area contributed by atoms with Crippen molar-refractivity contribution in [3.05, 3.63) is 40.3 Å². The topological polar surface area (TPSA) is 129 Å². The number of hydrogen-bond acceptors (Lipinski definition) is 8. The Bertz CT molecular complexity index is 1410. The average molecular weight is 606 g/mol. The fourth-order valence-electron chi connectivity index (χ4n) is 8.85. The lowest BCUT2D eigenvalue weighted by molar-refractivity contribution is -0.142. The van der Waals surface area contributed by atoms with E-state index in [1.54, 1.807) is 6.92 Å². The van der Waals surface area contributed by atoms with Crippen molar-refractivity contribution < 1.29 is 19.2 Å². The van der Waals surface area contributed by atoms with Gasteiger partial charge in [0.15, 0.2) is 12.3 Å². The number of nitrogens with zero attached hydrogens (tertiary/aromatic N) is 4. The number of esters is 1. The van der Waals surface area contributed by atoms with Gasteiger partial charge in [-0.1, -0.05) is 49.4 Å². The highest BCUT2D eigenvalue weighted by Gasteiger charge is 2.45. The first-order valence-electron chi connectivity index (χ1n) is 16.8. The molecule has 0 radical (unpaired) electrons. The fourth-order valence-corrected chi connectivity index (χ4v) is 8.85. The normalized spacial score (nSPS) is 29.2. The van der Waals surface area contributed by atoms with Gasteiger partial charge < -0.3 is 19.9 Å². The summed E-state index contributed by atoms with van der Waals surface area (Å²) in [6.07, 6.45) is 15.2. The molecule has 3 unspecified atom stereocenters. The van der Waals surface area contributed by atoms with Gasteiger partial charge in [-0.25, -0.2) is 4.98 Å². The van der Waals surface area contributed by atoms with Gasteiger partial charge in [-0.2, -0.15) is 0 Å². The number of hydrogen-bond donors (Lipinski definition) is 1. The Hall–Kier alpha value is -3.27. The van der Waals surface area contributed by atoms with Gasteiger partial charge in [0.05, 0.1) is 24.1 Å². The lowest BCUT2D eigenvalue weighted by atomic mass is 9.73. The highest BCUT2D eigenvalue weighted by Crippen LogP contribution is 2.47. The van der Waals surface area contributed by atoms with E-state index in [2.05, 4.69) is 10.1 Å². The molecule has 3 heterocycles. The zero-order valence-electron chi connectivity index (χ0n) is 26.0. The van der Waals surface area contributed by atoms with E-state index in [0.29, 0.717) is 23.6 Å². The lowest BCUT2D eigenvalue weighted by Gasteiger charge is -2.54. The number of aromatic nitrogens is 2. The Balaban J connectivity index is 1.33. The van der Waals surface area contributed by atoms with Crippen LogP contribution in [-0.4, -0.2) is 63.4 Å². The molecule has 2 aliphatic carbocycles. The van der Waals surface area contributed by atoms with Gasteiger partial charge in [0, 0.05) is 30.6 Å². The van der Waals surface area contributed by atoms with Crippen molar-refractivity contribution in [2.45, 2.75) is 121 Å². The van der Waals surface area contributed by atoms with E-state index in [4.69, 9.17) is 20.3 Å². The van der Waals surface area contributed by atoms with Crippen LogP contribution in [0.1, 0.15) is 109 Å². The monoisotopic (exact) mass is 605 g/mol. The number of piperidine rings is 2. The van der Waals surface area contributed by atoms with Crippen molar-refractivity contribution in [1.82, 2.24) is 14.5 Å². The van der Waals surface area contributed by atoms with Crippen molar-refractivity contribution in [3.8, 4) is 0 Å². The Kier molecular flexibility index (Phi) is 9.64. The summed E-state index contributed by atoms with van der Waals surface area (Å²) in [6, 6.07) is 9.37. The zero-order chi connectivity index (χ0) is 30.6. The number of fused-ring (bicyclic) bond motifs is 5. The molecule has 4 fully saturated rings. The second-order valence-corrected chi connectivity index (χ2v) is 13.4. The van der Waals surface area contributed by atoms with E-state index < -0.39 is 18.5 Å². The van der Waals surface area contributed by atoms with Crippen LogP contribution in [0.25, 0.3) is 11.0 Å². The SMILES string of the molecule is CCOC(=O)CC/C(=N\OCC(N)=O)c1nc2ccccc2n([C@@H]2CC3CCC[C@H](C2)N3C2CC3CCCCC(C3)C2)c1=O. The molecule has 2 saturated carbocycles. The summed E-state index contributed by atoms with van der Waals surface area (Å²) in [5, 5.41) is 4.11. The molecular weight excluding hydrogens is 558 g/mol. The summed E-state index contributed by atoms with van der Waals surface area (Å²) >= 11 is 0. The minimum atomic E-state index is -0.683. The number of carbonyl (C=O) groups excluding carboxylic acids is 2. The Labute approximate surface area is 259 Å². The van der Waals surface area contributed by atoms with Gasteiger partial charge in [0.1, 0.15) is 5.71 Å². The van der Waals surface area contributed by atoms with E-state index in [1.165, 1.54) is 64.2 Å². The fraction of sp³-hybridized carbons (Fsp3) is 0.676. The molecule has 10 nitrogen and oxygen atoms in total. The first-order valence-corrected chi connectivity index (χ1v) is 16.8. The van der Waals surface area contributed by atoms with Gasteiger partial charge in [-0.05, 0) is 75.8 Å². The van der Waals surface area contributed by atoms with Gasteiger partial charge in [-0.3, -0.25) is 19.3 Å². The molecule has 2 saturated heterocycles. The van der Waals surface area contributed by atoms with Crippen LogP contribution in [-0.2, 0) is 19.2 Å². The first-order chi connectivity index (χ1) is 21.4. The number of nitrogens with two attached hydrogens (primary N) is 1. The van der Waals surface area contributed by atoms with Gasteiger partial charge in [0.25, 0.3) is 11.5 Å². The third-order valence-electron chi connectivity index (χ3n) is 10.5. The van der Waals surface area contributed by atoms with Crippen molar-refractivity contribution in [1.29, 1.82) is 0 Å². The van der Waals surface area contributed by atoms with Crippen LogP contribution in [0.4, 0.5) is 0 Å². The largest absolute Gasteiger partial charge is 0.466 e. The molecule has 1 aromatic carbocycles. The van der Waals surface area contributed by atoms with Gasteiger partial charge in [-0.15, -0.1) is 0 Å². The van der Waals surface area contributed by atoms with E-state index in [0.717, 1.165) is 30.2 Å². The minimum absolute atomic E-state index is 0.00641. The van der Waals surface area contributed by atoms with Crippen LogP contribution >= 0.6 is 0 Å². The number of ether oxygens (including phenoxy) is 1. The summed E-state index contributed by atoms with van der Waals surface area (Å²) in [7, 11) is 0. The second kappa shape index (κ2) is 13.8. The summed E-state index contributed by atoms with van der Waals surface area (Å²) in [6.45, 7) is 1.57. The number of carbonyl (C=O) groups is 2. The third-order valence-corrected chi connectivity index (χ3v) is 10.5. The predicted octanol–water partition coefficient (Wildman–Crippen LogP) is 4.86. The van der Waals surface area contributed by atoms with Crippen molar-refractivity contribution in [3.63, 3.8) is 0 Å². The Morgan fingerprint density at radius 1 is 0.909 bits per heavy atom.